The van der Waals surface area contributed by atoms with Crippen LogP contribution in [0.1, 0.15) is 39.7 Å². The monoisotopic (exact) mass is 261 g/mol. The van der Waals surface area contributed by atoms with E-state index in [1.54, 1.807) is 0 Å². The van der Waals surface area contributed by atoms with Crippen molar-refractivity contribution in [2.75, 3.05) is 13.1 Å². The lowest BCUT2D eigenvalue weighted by atomic mass is 9.74. The van der Waals surface area contributed by atoms with Gasteiger partial charge in [0.05, 0.1) is 5.60 Å². The number of benzene rings is 1. The van der Waals surface area contributed by atoms with Crippen LogP contribution in [0.2, 0.25) is 0 Å². The van der Waals surface area contributed by atoms with Crippen molar-refractivity contribution in [3.05, 3.63) is 35.9 Å². The lowest BCUT2D eigenvalue weighted by Crippen LogP contribution is -2.53. The Morgan fingerprint density at radius 3 is 2.47 bits per heavy atom. The number of piperidine rings is 1. The second kappa shape index (κ2) is 5.64. The maximum Gasteiger partial charge on any atom is 0.0948 e. The summed E-state index contributed by atoms with van der Waals surface area (Å²) in [5.41, 5.74) is 0.396. The van der Waals surface area contributed by atoms with Gasteiger partial charge in [-0.05, 0) is 24.8 Å². The highest BCUT2D eigenvalue weighted by Gasteiger charge is 2.43. The quantitative estimate of drug-likeness (QED) is 0.902. The molecular formula is C17H27NO. The van der Waals surface area contributed by atoms with E-state index in [2.05, 4.69) is 44.7 Å². The maximum absolute atomic E-state index is 11.1. The van der Waals surface area contributed by atoms with Crippen molar-refractivity contribution >= 4 is 0 Å². The molecule has 3 atom stereocenters. The molecule has 106 valence electrons. The number of rotatable bonds is 3. The molecule has 0 spiro atoms. The Labute approximate surface area is 117 Å². The highest BCUT2D eigenvalue weighted by atomic mass is 16.3. The SMILES string of the molecule is CC(C)CN1CC(C)C(O)(c2ccccc2)CC1C. The highest BCUT2D eigenvalue weighted by Crippen LogP contribution is 2.39. The Morgan fingerprint density at radius 2 is 1.89 bits per heavy atom. The van der Waals surface area contributed by atoms with Crippen LogP contribution in [0.5, 0.6) is 0 Å². The molecule has 3 unspecified atom stereocenters. The molecular weight excluding hydrogens is 234 g/mol. The Kier molecular flexibility index (Phi) is 4.32. The summed E-state index contributed by atoms with van der Waals surface area (Å²) in [5.74, 6) is 0.947. The molecule has 0 saturated carbocycles. The topological polar surface area (TPSA) is 23.5 Å². The van der Waals surface area contributed by atoms with Crippen LogP contribution in [-0.4, -0.2) is 29.1 Å². The summed E-state index contributed by atoms with van der Waals surface area (Å²) < 4.78 is 0. The maximum atomic E-state index is 11.1. The van der Waals surface area contributed by atoms with Crippen LogP contribution in [-0.2, 0) is 5.60 Å². The average Bonchev–Trinajstić information content (AvgIpc) is 2.36. The molecule has 1 aliphatic heterocycles. The van der Waals surface area contributed by atoms with Gasteiger partial charge in [-0.15, -0.1) is 0 Å². The van der Waals surface area contributed by atoms with Crippen LogP contribution in [0.15, 0.2) is 30.3 Å². The van der Waals surface area contributed by atoms with Crippen LogP contribution in [0.25, 0.3) is 0 Å². The van der Waals surface area contributed by atoms with Crippen LogP contribution in [0.4, 0.5) is 0 Å². The Balaban J connectivity index is 2.18. The Morgan fingerprint density at radius 1 is 1.26 bits per heavy atom. The third-order valence-electron chi connectivity index (χ3n) is 4.43. The minimum atomic E-state index is -0.672. The first-order valence-corrected chi connectivity index (χ1v) is 7.45. The van der Waals surface area contributed by atoms with Gasteiger partial charge in [0.1, 0.15) is 0 Å². The molecule has 2 rings (SSSR count). The van der Waals surface area contributed by atoms with Gasteiger partial charge < -0.3 is 5.11 Å². The van der Waals surface area contributed by atoms with E-state index in [4.69, 9.17) is 0 Å². The molecule has 0 radical (unpaired) electrons. The summed E-state index contributed by atoms with van der Waals surface area (Å²) >= 11 is 0. The third kappa shape index (κ3) is 3.01. The van der Waals surface area contributed by atoms with E-state index >= 15 is 0 Å². The van der Waals surface area contributed by atoms with Crippen LogP contribution < -0.4 is 0 Å². The van der Waals surface area contributed by atoms with E-state index in [1.165, 1.54) is 0 Å². The van der Waals surface area contributed by atoms with Crippen molar-refractivity contribution in [1.29, 1.82) is 0 Å². The fourth-order valence-corrected chi connectivity index (χ4v) is 3.32. The smallest absolute Gasteiger partial charge is 0.0948 e. The predicted octanol–water partition coefficient (Wildman–Crippen LogP) is 3.26. The average molecular weight is 261 g/mol. The van der Waals surface area contributed by atoms with E-state index in [1.807, 2.05) is 18.2 Å². The van der Waals surface area contributed by atoms with E-state index in [9.17, 15) is 5.11 Å². The van der Waals surface area contributed by atoms with Crippen LogP contribution >= 0.6 is 0 Å². The molecule has 1 aliphatic rings. The predicted molar refractivity (Wildman–Crippen MR) is 80.0 cm³/mol. The minimum Gasteiger partial charge on any atom is -0.385 e. The van der Waals surface area contributed by atoms with Gasteiger partial charge in [0.25, 0.3) is 0 Å². The summed E-state index contributed by atoms with van der Waals surface area (Å²) in [6.45, 7) is 11.0. The van der Waals surface area contributed by atoms with E-state index < -0.39 is 5.60 Å². The molecule has 1 fully saturated rings. The lowest BCUT2D eigenvalue weighted by Gasteiger charge is -2.47. The van der Waals surface area contributed by atoms with Crippen LogP contribution in [0, 0.1) is 11.8 Å². The van der Waals surface area contributed by atoms with E-state index in [0.29, 0.717) is 12.0 Å². The fraction of sp³-hybridized carbons (Fsp3) is 0.647. The van der Waals surface area contributed by atoms with Gasteiger partial charge >= 0.3 is 0 Å². The van der Waals surface area contributed by atoms with Crippen molar-refractivity contribution in [2.24, 2.45) is 11.8 Å². The molecule has 2 heteroatoms. The molecule has 1 saturated heterocycles. The van der Waals surface area contributed by atoms with Crippen molar-refractivity contribution < 1.29 is 5.11 Å². The number of aliphatic hydroxyl groups is 1. The Hall–Kier alpha value is -0.860. The standard InChI is InChI=1S/C17H27NO/c1-13(2)11-18-12-14(3)17(19,10-15(18)4)16-8-6-5-7-9-16/h5-9,13-15,19H,10-12H2,1-4H3. The van der Waals surface area contributed by atoms with Gasteiger partial charge in [-0.3, -0.25) is 4.90 Å². The first kappa shape index (κ1) is 14.5. The van der Waals surface area contributed by atoms with Crippen molar-refractivity contribution in [1.82, 2.24) is 4.90 Å². The molecule has 1 heterocycles. The van der Waals surface area contributed by atoms with E-state index in [0.717, 1.165) is 25.1 Å². The zero-order valence-electron chi connectivity index (χ0n) is 12.6. The summed E-state index contributed by atoms with van der Waals surface area (Å²) in [4.78, 5) is 2.52. The summed E-state index contributed by atoms with van der Waals surface area (Å²) in [6, 6.07) is 10.6. The minimum absolute atomic E-state index is 0.268. The molecule has 0 aliphatic carbocycles. The van der Waals surface area contributed by atoms with Gasteiger partial charge in [-0.1, -0.05) is 51.1 Å². The van der Waals surface area contributed by atoms with Gasteiger partial charge in [-0.25, -0.2) is 0 Å². The molecule has 0 bridgehead atoms. The summed E-state index contributed by atoms with van der Waals surface area (Å²) in [6.07, 6.45) is 0.824. The molecule has 1 aromatic rings. The van der Waals surface area contributed by atoms with Crippen LogP contribution in [0.3, 0.4) is 0 Å². The number of hydrogen-bond acceptors (Lipinski definition) is 2. The van der Waals surface area contributed by atoms with Gasteiger partial charge in [0.2, 0.25) is 0 Å². The first-order valence-electron chi connectivity index (χ1n) is 7.45. The number of nitrogens with zero attached hydrogens (tertiary/aromatic N) is 1. The normalized spacial score (nSPS) is 32.7. The second-order valence-electron chi connectivity index (χ2n) is 6.59. The largest absolute Gasteiger partial charge is 0.385 e. The van der Waals surface area contributed by atoms with Crippen molar-refractivity contribution in [3.63, 3.8) is 0 Å². The molecule has 1 aromatic carbocycles. The van der Waals surface area contributed by atoms with E-state index in [-0.39, 0.29) is 5.92 Å². The van der Waals surface area contributed by atoms with Crippen molar-refractivity contribution in [2.45, 2.75) is 45.8 Å². The zero-order chi connectivity index (χ0) is 14.0. The highest BCUT2D eigenvalue weighted by molar-refractivity contribution is 5.24. The lowest BCUT2D eigenvalue weighted by molar-refractivity contribution is -0.0925. The molecule has 0 amide bonds. The van der Waals surface area contributed by atoms with Gasteiger partial charge in [0.15, 0.2) is 0 Å². The fourth-order valence-electron chi connectivity index (χ4n) is 3.32. The zero-order valence-corrected chi connectivity index (χ0v) is 12.6. The first-order chi connectivity index (χ1) is 8.93. The second-order valence-corrected chi connectivity index (χ2v) is 6.59. The Bertz CT molecular complexity index is 403. The number of likely N-dealkylation sites (tertiary alicyclic amines) is 1. The van der Waals surface area contributed by atoms with Crippen molar-refractivity contribution in [3.8, 4) is 0 Å². The number of hydrogen-bond donors (Lipinski definition) is 1. The summed E-state index contributed by atoms with van der Waals surface area (Å²) in [5, 5.41) is 11.1. The molecule has 0 aromatic heterocycles. The molecule has 2 nitrogen and oxygen atoms in total. The van der Waals surface area contributed by atoms with Gasteiger partial charge in [0, 0.05) is 25.0 Å². The third-order valence-corrected chi connectivity index (χ3v) is 4.43. The summed E-state index contributed by atoms with van der Waals surface area (Å²) in [7, 11) is 0. The molecule has 1 N–H and O–H groups in total. The van der Waals surface area contributed by atoms with Gasteiger partial charge in [-0.2, -0.15) is 0 Å². The molecule has 19 heavy (non-hydrogen) atoms.